The molecule has 20 heavy (non-hydrogen) atoms. The van der Waals surface area contributed by atoms with E-state index in [0.717, 1.165) is 25.9 Å². The zero-order valence-corrected chi connectivity index (χ0v) is 12.5. The van der Waals surface area contributed by atoms with Crippen LogP contribution in [0.3, 0.4) is 0 Å². The number of hydrogen-bond donors (Lipinski definition) is 1. The lowest BCUT2D eigenvalue weighted by Crippen LogP contribution is -2.50. The van der Waals surface area contributed by atoms with Crippen molar-refractivity contribution in [3.8, 4) is 0 Å². The van der Waals surface area contributed by atoms with Gasteiger partial charge >= 0.3 is 0 Å². The van der Waals surface area contributed by atoms with Crippen LogP contribution >= 0.6 is 0 Å². The summed E-state index contributed by atoms with van der Waals surface area (Å²) in [6.45, 7) is 4.37. The third-order valence-corrected chi connectivity index (χ3v) is 4.33. The van der Waals surface area contributed by atoms with Crippen LogP contribution in [-0.2, 0) is 11.3 Å². The summed E-state index contributed by atoms with van der Waals surface area (Å²) >= 11 is 0. The highest BCUT2D eigenvalue weighted by molar-refractivity contribution is 5.78. The van der Waals surface area contributed by atoms with Crippen LogP contribution in [0.4, 0.5) is 0 Å². The van der Waals surface area contributed by atoms with E-state index < -0.39 is 0 Å². The minimum atomic E-state index is 0.0405. The Labute approximate surface area is 121 Å². The van der Waals surface area contributed by atoms with Crippen molar-refractivity contribution >= 4 is 5.91 Å². The van der Waals surface area contributed by atoms with Crippen molar-refractivity contribution in [2.75, 3.05) is 20.1 Å². The first-order chi connectivity index (χ1) is 9.61. The maximum atomic E-state index is 11.7. The van der Waals surface area contributed by atoms with Crippen LogP contribution in [0.2, 0.25) is 0 Å². The smallest absolute Gasteiger partial charge is 0.236 e. The van der Waals surface area contributed by atoms with Gasteiger partial charge in [0, 0.05) is 32.2 Å². The summed E-state index contributed by atoms with van der Waals surface area (Å²) in [5.41, 5.74) is 6.79. The molecule has 2 rings (SSSR count). The molecule has 2 atom stereocenters. The molecule has 1 aliphatic heterocycles. The number of likely N-dealkylation sites (N-methyl/N-ethyl adjacent to an activating group) is 1. The Bertz CT molecular complexity index is 435. The van der Waals surface area contributed by atoms with Gasteiger partial charge in [-0.25, -0.2) is 0 Å². The van der Waals surface area contributed by atoms with Gasteiger partial charge in [0.25, 0.3) is 0 Å². The molecule has 1 saturated heterocycles. The first kappa shape index (κ1) is 15.0. The van der Waals surface area contributed by atoms with Crippen LogP contribution in [0.5, 0.6) is 0 Å². The van der Waals surface area contributed by atoms with Crippen LogP contribution in [0.1, 0.15) is 25.3 Å². The van der Waals surface area contributed by atoms with Crippen LogP contribution in [0.25, 0.3) is 0 Å². The Hall–Kier alpha value is -1.39. The molecule has 0 spiro atoms. The predicted molar refractivity (Wildman–Crippen MR) is 81.2 cm³/mol. The normalized spacial score (nSPS) is 23.6. The molecule has 0 unspecified atom stereocenters. The number of carbonyl (C=O) groups is 1. The number of carbonyl (C=O) groups excluding carboxylic acids is 1. The van der Waals surface area contributed by atoms with E-state index in [9.17, 15) is 4.79 Å². The second kappa shape index (κ2) is 6.86. The zero-order valence-electron chi connectivity index (χ0n) is 12.5. The van der Waals surface area contributed by atoms with Crippen molar-refractivity contribution < 1.29 is 4.79 Å². The van der Waals surface area contributed by atoms with Gasteiger partial charge in [0.05, 0.1) is 6.54 Å². The van der Waals surface area contributed by atoms with E-state index in [4.69, 9.17) is 5.73 Å². The van der Waals surface area contributed by atoms with Crippen molar-refractivity contribution in [2.45, 2.75) is 38.4 Å². The van der Waals surface area contributed by atoms with Crippen LogP contribution in [0, 0.1) is 0 Å². The van der Waals surface area contributed by atoms with Crippen molar-refractivity contribution in [1.82, 2.24) is 9.80 Å². The van der Waals surface area contributed by atoms with Crippen LogP contribution in [-0.4, -0.2) is 47.9 Å². The molecule has 1 aliphatic rings. The van der Waals surface area contributed by atoms with Gasteiger partial charge in [-0.15, -0.1) is 0 Å². The quantitative estimate of drug-likeness (QED) is 0.905. The lowest BCUT2D eigenvalue weighted by Gasteiger charge is -2.41. The molecular weight excluding hydrogens is 250 g/mol. The number of hydrogen-bond acceptors (Lipinski definition) is 3. The minimum Gasteiger partial charge on any atom is -0.342 e. The van der Waals surface area contributed by atoms with E-state index in [2.05, 4.69) is 36.1 Å². The molecule has 1 amide bonds. The zero-order chi connectivity index (χ0) is 14.5. The van der Waals surface area contributed by atoms with E-state index in [1.807, 2.05) is 18.0 Å². The Morgan fingerprint density at radius 2 is 2.10 bits per heavy atom. The summed E-state index contributed by atoms with van der Waals surface area (Å²) in [6, 6.07) is 11.4. The number of rotatable bonds is 4. The highest BCUT2D eigenvalue weighted by Gasteiger charge is 2.29. The van der Waals surface area contributed by atoms with Crippen LogP contribution < -0.4 is 5.73 Å². The van der Waals surface area contributed by atoms with Gasteiger partial charge in [0.15, 0.2) is 0 Å². The highest BCUT2D eigenvalue weighted by atomic mass is 16.2. The molecule has 4 heteroatoms. The van der Waals surface area contributed by atoms with Gasteiger partial charge in [-0.2, -0.15) is 0 Å². The molecule has 0 bridgehead atoms. The number of likely N-dealkylation sites (tertiary alicyclic amines) is 1. The average Bonchev–Trinajstić information content (AvgIpc) is 2.48. The first-order valence-corrected chi connectivity index (χ1v) is 7.35. The summed E-state index contributed by atoms with van der Waals surface area (Å²) in [6.07, 6.45) is 2.05. The summed E-state index contributed by atoms with van der Waals surface area (Å²) in [5.74, 6) is 0.0405. The number of piperidine rings is 1. The lowest BCUT2D eigenvalue weighted by atomic mass is 9.96. The molecule has 4 nitrogen and oxygen atoms in total. The average molecular weight is 275 g/mol. The highest BCUT2D eigenvalue weighted by Crippen LogP contribution is 2.22. The molecule has 1 heterocycles. The predicted octanol–water partition coefficient (Wildman–Crippen LogP) is 1.46. The van der Waals surface area contributed by atoms with Gasteiger partial charge in [0.1, 0.15) is 0 Å². The van der Waals surface area contributed by atoms with Gasteiger partial charge in [-0.3, -0.25) is 9.69 Å². The third kappa shape index (κ3) is 3.58. The molecule has 0 radical (unpaired) electrons. The number of nitrogens with zero attached hydrogens (tertiary/aromatic N) is 2. The van der Waals surface area contributed by atoms with Crippen molar-refractivity contribution in [2.24, 2.45) is 5.73 Å². The number of amides is 1. The molecule has 0 aromatic heterocycles. The SMILES string of the molecule is C[C@@H]1C[C@H](N(C)C(=O)CN)CCN1Cc1ccccc1. The van der Waals surface area contributed by atoms with E-state index in [0.29, 0.717) is 12.1 Å². The molecular formula is C16H25N3O. The first-order valence-electron chi connectivity index (χ1n) is 7.35. The van der Waals surface area contributed by atoms with Gasteiger partial charge in [-0.1, -0.05) is 30.3 Å². The van der Waals surface area contributed by atoms with E-state index in [-0.39, 0.29) is 12.5 Å². The molecule has 0 saturated carbocycles. The maximum Gasteiger partial charge on any atom is 0.236 e. The fraction of sp³-hybridized carbons (Fsp3) is 0.562. The topological polar surface area (TPSA) is 49.6 Å². The number of nitrogens with two attached hydrogens (primary N) is 1. The maximum absolute atomic E-state index is 11.7. The van der Waals surface area contributed by atoms with E-state index in [1.54, 1.807) is 0 Å². The minimum absolute atomic E-state index is 0.0405. The molecule has 2 N–H and O–H groups in total. The third-order valence-electron chi connectivity index (χ3n) is 4.33. The molecule has 1 aromatic rings. The summed E-state index contributed by atoms with van der Waals surface area (Å²) in [4.78, 5) is 16.0. The van der Waals surface area contributed by atoms with Gasteiger partial charge < -0.3 is 10.6 Å². The van der Waals surface area contributed by atoms with Crippen LogP contribution in [0.15, 0.2) is 30.3 Å². The Balaban J connectivity index is 1.91. The number of benzene rings is 1. The summed E-state index contributed by atoms with van der Waals surface area (Å²) in [5, 5.41) is 0. The Kier molecular flexibility index (Phi) is 5.15. The standard InChI is InChI=1S/C16H25N3O/c1-13-10-15(18(2)16(20)11-17)8-9-19(13)12-14-6-4-3-5-7-14/h3-7,13,15H,8-12,17H2,1-2H3/t13-,15-/m1/s1. The van der Waals surface area contributed by atoms with Crippen molar-refractivity contribution in [1.29, 1.82) is 0 Å². The second-order valence-electron chi connectivity index (χ2n) is 5.69. The Morgan fingerprint density at radius 3 is 2.70 bits per heavy atom. The molecule has 110 valence electrons. The molecule has 1 fully saturated rings. The fourth-order valence-corrected chi connectivity index (χ4v) is 2.95. The van der Waals surface area contributed by atoms with Gasteiger partial charge in [-0.05, 0) is 25.3 Å². The van der Waals surface area contributed by atoms with Crippen molar-refractivity contribution in [3.63, 3.8) is 0 Å². The Morgan fingerprint density at radius 1 is 1.40 bits per heavy atom. The molecule has 0 aliphatic carbocycles. The fourth-order valence-electron chi connectivity index (χ4n) is 2.95. The monoisotopic (exact) mass is 275 g/mol. The van der Waals surface area contributed by atoms with E-state index >= 15 is 0 Å². The lowest BCUT2D eigenvalue weighted by molar-refractivity contribution is -0.131. The molecule has 1 aromatic carbocycles. The summed E-state index contributed by atoms with van der Waals surface area (Å²) in [7, 11) is 1.87. The summed E-state index contributed by atoms with van der Waals surface area (Å²) < 4.78 is 0. The van der Waals surface area contributed by atoms with Crippen molar-refractivity contribution in [3.05, 3.63) is 35.9 Å². The largest absolute Gasteiger partial charge is 0.342 e. The second-order valence-corrected chi connectivity index (χ2v) is 5.69. The van der Waals surface area contributed by atoms with Gasteiger partial charge in [0.2, 0.25) is 5.91 Å². The van der Waals surface area contributed by atoms with E-state index in [1.165, 1.54) is 5.56 Å².